The van der Waals surface area contributed by atoms with E-state index in [1.165, 1.54) is 23.5 Å². The fraction of sp³-hybridized carbons (Fsp3) is 0.304. The van der Waals surface area contributed by atoms with Crippen LogP contribution in [0, 0.1) is 0 Å². The Labute approximate surface area is 191 Å². The number of anilines is 1. The second-order valence-electron chi connectivity index (χ2n) is 7.87. The first kappa shape index (κ1) is 21.1. The quantitative estimate of drug-likeness (QED) is 0.607. The van der Waals surface area contributed by atoms with E-state index in [1.54, 1.807) is 16.4 Å². The molecule has 1 amide bonds. The van der Waals surface area contributed by atoms with Crippen molar-refractivity contribution in [1.82, 2.24) is 9.29 Å². The molecule has 1 aromatic heterocycles. The largest absolute Gasteiger partial charge is 0.487 e. The number of hydrogen-bond acceptors (Lipinski definition) is 6. The number of carbonyl (C=O) groups is 1. The van der Waals surface area contributed by atoms with Crippen molar-refractivity contribution in [2.75, 3.05) is 18.4 Å². The molecule has 7 nitrogen and oxygen atoms in total. The van der Waals surface area contributed by atoms with E-state index in [1.807, 2.05) is 24.3 Å². The summed E-state index contributed by atoms with van der Waals surface area (Å²) in [6.45, 7) is 1.52. The normalized spacial score (nSPS) is 16.4. The molecule has 2 aliphatic rings. The molecule has 0 radical (unpaired) electrons. The maximum atomic E-state index is 12.9. The van der Waals surface area contributed by atoms with Gasteiger partial charge in [-0.05, 0) is 49.2 Å². The average molecular weight is 470 g/mol. The van der Waals surface area contributed by atoms with Gasteiger partial charge in [-0.2, -0.15) is 4.31 Å². The van der Waals surface area contributed by atoms with Gasteiger partial charge in [0.25, 0.3) is 5.91 Å². The molecular formula is C23H23N3O4S2. The molecule has 5 rings (SSSR count). The van der Waals surface area contributed by atoms with Crippen molar-refractivity contribution in [2.45, 2.75) is 37.2 Å². The van der Waals surface area contributed by atoms with Gasteiger partial charge in [0, 0.05) is 24.2 Å². The third kappa shape index (κ3) is 4.03. The lowest BCUT2D eigenvalue weighted by atomic mass is 10.1. The fourth-order valence-electron chi connectivity index (χ4n) is 4.02. The van der Waals surface area contributed by atoms with E-state index < -0.39 is 10.0 Å². The van der Waals surface area contributed by atoms with Crippen molar-refractivity contribution in [3.05, 3.63) is 59.0 Å². The van der Waals surface area contributed by atoms with Gasteiger partial charge in [-0.15, -0.1) is 0 Å². The van der Waals surface area contributed by atoms with Gasteiger partial charge in [0.15, 0.2) is 5.13 Å². The molecule has 3 aromatic rings. The van der Waals surface area contributed by atoms with Gasteiger partial charge in [-0.25, -0.2) is 13.4 Å². The number of rotatable bonds is 4. The van der Waals surface area contributed by atoms with Crippen LogP contribution in [0.25, 0.3) is 11.3 Å². The van der Waals surface area contributed by atoms with Crippen LogP contribution >= 0.6 is 11.3 Å². The molecule has 0 spiro atoms. The highest BCUT2D eigenvalue weighted by molar-refractivity contribution is 7.89. The summed E-state index contributed by atoms with van der Waals surface area (Å²) in [6, 6.07) is 13.8. The molecule has 1 saturated heterocycles. The fourth-order valence-corrected chi connectivity index (χ4v) is 6.42. The molecule has 9 heteroatoms. The Morgan fingerprint density at radius 3 is 2.47 bits per heavy atom. The molecule has 32 heavy (non-hydrogen) atoms. The van der Waals surface area contributed by atoms with E-state index in [0.29, 0.717) is 30.4 Å². The van der Waals surface area contributed by atoms with Gasteiger partial charge < -0.3 is 4.74 Å². The zero-order chi connectivity index (χ0) is 22.1. The van der Waals surface area contributed by atoms with Gasteiger partial charge in [0.2, 0.25) is 10.0 Å². The van der Waals surface area contributed by atoms with Gasteiger partial charge in [0.1, 0.15) is 12.4 Å². The van der Waals surface area contributed by atoms with Crippen LogP contribution < -0.4 is 10.1 Å². The summed E-state index contributed by atoms with van der Waals surface area (Å²) in [7, 11) is -3.54. The third-order valence-electron chi connectivity index (χ3n) is 5.74. The van der Waals surface area contributed by atoms with E-state index >= 15 is 0 Å². The van der Waals surface area contributed by atoms with Crippen molar-refractivity contribution in [3.63, 3.8) is 0 Å². The minimum Gasteiger partial charge on any atom is -0.487 e. The number of ether oxygens (including phenoxy) is 1. The van der Waals surface area contributed by atoms with Crippen LogP contribution in [-0.4, -0.2) is 36.7 Å². The third-order valence-corrected chi connectivity index (χ3v) is 8.60. The molecule has 3 heterocycles. The van der Waals surface area contributed by atoms with Crippen LogP contribution in [0.4, 0.5) is 5.13 Å². The Balaban J connectivity index is 1.32. The number of thiazole rings is 1. The van der Waals surface area contributed by atoms with Gasteiger partial charge in [-0.1, -0.05) is 36.3 Å². The van der Waals surface area contributed by atoms with Gasteiger partial charge in [0.05, 0.1) is 15.5 Å². The van der Waals surface area contributed by atoms with Gasteiger partial charge in [-0.3, -0.25) is 10.1 Å². The summed E-state index contributed by atoms with van der Waals surface area (Å²) in [5.41, 5.74) is 2.12. The lowest BCUT2D eigenvalue weighted by Gasteiger charge is -2.20. The molecule has 166 valence electrons. The van der Waals surface area contributed by atoms with E-state index in [9.17, 15) is 13.2 Å². The number of fused-ring (bicyclic) bond motifs is 3. The summed E-state index contributed by atoms with van der Waals surface area (Å²) in [5.74, 6) is 0.452. The number of benzene rings is 2. The molecule has 0 aliphatic carbocycles. The topological polar surface area (TPSA) is 88.6 Å². The first-order valence-corrected chi connectivity index (χ1v) is 12.9. The molecular weight excluding hydrogens is 446 g/mol. The predicted octanol–water partition coefficient (Wildman–Crippen LogP) is 4.52. The molecule has 0 atom stereocenters. The van der Waals surface area contributed by atoms with Crippen molar-refractivity contribution < 1.29 is 17.9 Å². The zero-order valence-corrected chi connectivity index (χ0v) is 19.0. The van der Waals surface area contributed by atoms with Crippen LogP contribution in [-0.2, 0) is 16.6 Å². The first-order valence-electron chi connectivity index (χ1n) is 10.7. The number of para-hydroxylation sites is 1. The molecule has 0 bridgehead atoms. The van der Waals surface area contributed by atoms with Crippen molar-refractivity contribution in [1.29, 1.82) is 0 Å². The van der Waals surface area contributed by atoms with Crippen LogP contribution in [0.5, 0.6) is 5.75 Å². The summed E-state index contributed by atoms with van der Waals surface area (Å²) >= 11 is 1.38. The molecule has 2 aromatic carbocycles. The number of amides is 1. The predicted molar refractivity (Wildman–Crippen MR) is 124 cm³/mol. The minimum atomic E-state index is -3.54. The van der Waals surface area contributed by atoms with Crippen molar-refractivity contribution in [2.24, 2.45) is 0 Å². The number of hydrogen-bond donors (Lipinski definition) is 1. The van der Waals surface area contributed by atoms with Crippen LogP contribution in [0.2, 0.25) is 0 Å². The summed E-state index contributed by atoms with van der Waals surface area (Å²) in [5, 5.41) is 3.32. The zero-order valence-electron chi connectivity index (χ0n) is 17.4. The average Bonchev–Trinajstić information content (AvgIpc) is 3.02. The van der Waals surface area contributed by atoms with E-state index in [2.05, 4.69) is 10.3 Å². The van der Waals surface area contributed by atoms with Crippen molar-refractivity contribution >= 4 is 32.4 Å². The Morgan fingerprint density at radius 2 is 1.72 bits per heavy atom. The second-order valence-corrected chi connectivity index (χ2v) is 10.9. The van der Waals surface area contributed by atoms with Crippen LogP contribution in [0.15, 0.2) is 53.4 Å². The number of nitrogens with zero attached hydrogens (tertiary/aromatic N) is 2. The highest BCUT2D eigenvalue weighted by Gasteiger charge is 2.26. The first-order chi connectivity index (χ1) is 15.5. The smallest absolute Gasteiger partial charge is 0.257 e. The molecule has 1 fully saturated rings. The number of nitrogens with one attached hydrogen (secondary N) is 1. The Kier molecular flexibility index (Phi) is 5.71. The van der Waals surface area contributed by atoms with Crippen molar-refractivity contribution in [3.8, 4) is 17.0 Å². The second kappa shape index (κ2) is 8.65. The monoisotopic (exact) mass is 469 g/mol. The molecule has 2 aliphatic heterocycles. The standard InChI is InChI=1S/C23H23N3O4S2/c27-22(25-23-24-21-18-7-3-4-8-19(18)30-15-20(21)31-23)16-9-11-17(12-10-16)32(28,29)26-13-5-1-2-6-14-26/h3-4,7-12H,1-2,5-6,13-15H2,(H,24,25,27). The van der Waals surface area contributed by atoms with E-state index in [4.69, 9.17) is 4.74 Å². The van der Waals surface area contributed by atoms with E-state index in [0.717, 1.165) is 47.6 Å². The molecule has 0 saturated carbocycles. The highest BCUT2D eigenvalue weighted by atomic mass is 32.2. The van der Waals surface area contributed by atoms with Gasteiger partial charge >= 0.3 is 0 Å². The maximum Gasteiger partial charge on any atom is 0.257 e. The van der Waals surface area contributed by atoms with Crippen LogP contribution in [0.3, 0.4) is 0 Å². The van der Waals surface area contributed by atoms with Crippen LogP contribution in [0.1, 0.15) is 40.9 Å². The Bertz CT molecular complexity index is 1240. The van der Waals surface area contributed by atoms with E-state index in [-0.39, 0.29) is 10.8 Å². The SMILES string of the molecule is O=C(Nc1nc2c(s1)COc1ccccc1-2)c1ccc(S(=O)(=O)N2CCCCCC2)cc1. The lowest BCUT2D eigenvalue weighted by Crippen LogP contribution is -2.31. The Hall–Kier alpha value is -2.75. The minimum absolute atomic E-state index is 0.217. The number of sulfonamides is 1. The molecule has 0 unspecified atom stereocenters. The summed E-state index contributed by atoms with van der Waals surface area (Å²) < 4.78 is 33.2. The number of aromatic nitrogens is 1. The lowest BCUT2D eigenvalue weighted by molar-refractivity contribution is 0.102. The summed E-state index contributed by atoms with van der Waals surface area (Å²) in [6.07, 6.45) is 3.88. The summed E-state index contributed by atoms with van der Waals surface area (Å²) in [4.78, 5) is 18.5. The number of carbonyl (C=O) groups excluding carboxylic acids is 1. The Morgan fingerprint density at radius 1 is 1.00 bits per heavy atom. The highest BCUT2D eigenvalue weighted by Crippen LogP contribution is 2.40. The molecule has 1 N–H and O–H groups in total. The maximum absolute atomic E-state index is 12.9.